The minimum absolute atomic E-state index is 0.157. The Balaban J connectivity index is 1.48. The van der Waals surface area contributed by atoms with Crippen molar-refractivity contribution in [2.75, 3.05) is 19.8 Å². The van der Waals surface area contributed by atoms with Crippen LogP contribution in [0.1, 0.15) is 44.6 Å². The molecule has 1 aromatic heterocycles. The zero-order chi connectivity index (χ0) is 24.2. The number of nitrogens with one attached hydrogen (secondary N) is 1. The lowest BCUT2D eigenvalue weighted by molar-refractivity contribution is 0.0256. The number of amides is 1. The molecule has 0 radical (unpaired) electrons. The van der Waals surface area contributed by atoms with Gasteiger partial charge in [0, 0.05) is 37.4 Å². The van der Waals surface area contributed by atoms with E-state index in [9.17, 15) is 10.1 Å². The highest BCUT2D eigenvalue weighted by atomic mass is 16.6. The number of ether oxygens (including phenoxy) is 3. The first-order chi connectivity index (χ1) is 17.2. The van der Waals surface area contributed by atoms with Crippen LogP contribution in [-0.2, 0) is 11.3 Å². The monoisotopic (exact) mass is 473 g/mol. The van der Waals surface area contributed by atoms with E-state index in [0.717, 1.165) is 66.9 Å². The van der Waals surface area contributed by atoms with Crippen molar-refractivity contribution in [2.45, 2.75) is 51.7 Å². The molecule has 35 heavy (non-hydrogen) atoms. The maximum absolute atomic E-state index is 11.9. The summed E-state index contributed by atoms with van der Waals surface area (Å²) >= 11 is 0. The van der Waals surface area contributed by atoms with Gasteiger partial charge in [0.1, 0.15) is 23.7 Å². The molecule has 0 bridgehead atoms. The number of fused-ring (bicyclic) bond motifs is 1. The zero-order valence-electron chi connectivity index (χ0n) is 20.1. The largest absolute Gasteiger partial charge is 0.490 e. The van der Waals surface area contributed by atoms with Gasteiger partial charge in [-0.1, -0.05) is 6.92 Å². The van der Waals surface area contributed by atoms with Gasteiger partial charge in [0.2, 0.25) is 0 Å². The Morgan fingerprint density at radius 2 is 1.86 bits per heavy atom. The molecular formula is C28H31N3O4. The van der Waals surface area contributed by atoms with Crippen LogP contribution in [0.15, 0.2) is 42.5 Å². The normalized spacial score (nSPS) is 16.1. The summed E-state index contributed by atoms with van der Waals surface area (Å²) in [6, 6.07) is 15.9. The van der Waals surface area contributed by atoms with Crippen LogP contribution in [0, 0.1) is 17.2 Å². The molecule has 182 valence electrons. The lowest BCUT2D eigenvalue weighted by Gasteiger charge is -2.23. The lowest BCUT2D eigenvalue weighted by atomic mass is 10.1. The van der Waals surface area contributed by atoms with E-state index in [-0.39, 0.29) is 6.10 Å². The molecule has 2 aromatic carbocycles. The lowest BCUT2D eigenvalue weighted by Crippen LogP contribution is -2.27. The third-order valence-corrected chi connectivity index (χ3v) is 6.61. The summed E-state index contributed by atoms with van der Waals surface area (Å²) in [7, 11) is 0. The molecule has 2 fully saturated rings. The van der Waals surface area contributed by atoms with E-state index in [4.69, 9.17) is 14.2 Å². The predicted molar refractivity (Wildman–Crippen MR) is 134 cm³/mol. The summed E-state index contributed by atoms with van der Waals surface area (Å²) in [6.45, 7) is 4.89. The second kappa shape index (κ2) is 10.4. The van der Waals surface area contributed by atoms with E-state index in [2.05, 4.69) is 22.0 Å². The standard InChI is InChI=1S/C28H31N3O4/c1-2-13-30-28(32)35-21-7-5-20(6-8-21)27-25(17-29)24-10-9-23(34-22-11-14-33-15-12-22)16-26(24)31(27)18-19-3-4-19/h5-10,16,19,22H,2-4,11-15,18H2,1H3,(H,30,32). The molecular weight excluding hydrogens is 442 g/mol. The third kappa shape index (κ3) is 5.28. The van der Waals surface area contributed by atoms with Crippen molar-refractivity contribution in [1.82, 2.24) is 9.88 Å². The fourth-order valence-corrected chi connectivity index (χ4v) is 4.60. The number of rotatable bonds is 8. The highest BCUT2D eigenvalue weighted by Gasteiger charge is 2.27. The highest BCUT2D eigenvalue weighted by Crippen LogP contribution is 2.40. The van der Waals surface area contributed by atoms with Crippen molar-refractivity contribution in [3.63, 3.8) is 0 Å². The molecule has 7 nitrogen and oxygen atoms in total. The van der Waals surface area contributed by atoms with Crippen LogP contribution in [0.5, 0.6) is 11.5 Å². The van der Waals surface area contributed by atoms with Crippen LogP contribution in [0.4, 0.5) is 4.79 Å². The highest BCUT2D eigenvalue weighted by molar-refractivity contribution is 5.95. The molecule has 1 aliphatic carbocycles. The maximum atomic E-state index is 11.9. The van der Waals surface area contributed by atoms with Gasteiger partial charge in [0.15, 0.2) is 0 Å². The van der Waals surface area contributed by atoms with Crippen LogP contribution in [-0.4, -0.2) is 36.5 Å². The molecule has 0 atom stereocenters. The van der Waals surface area contributed by atoms with E-state index in [1.807, 2.05) is 31.2 Å². The topological polar surface area (TPSA) is 85.5 Å². The summed E-state index contributed by atoms with van der Waals surface area (Å²) in [6.07, 6.45) is 4.74. The van der Waals surface area contributed by atoms with E-state index in [1.165, 1.54) is 12.8 Å². The van der Waals surface area contributed by atoms with Crippen molar-refractivity contribution in [3.05, 3.63) is 48.0 Å². The van der Waals surface area contributed by atoms with E-state index in [0.29, 0.717) is 23.8 Å². The SMILES string of the molecule is CCCNC(=O)Oc1ccc(-c2c(C#N)c3ccc(OC4CCOCC4)cc3n2CC2CC2)cc1. The Morgan fingerprint density at radius 1 is 1.11 bits per heavy atom. The average Bonchev–Trinajstić information content (AvgIpc) is 3.65. The first kappa shape index (κ1) is 23.3. The summed E-state index contributed by atoms with van der Waals surface area (Å²) in [5, 5.41) is 13.8. The molecule has 2 heterocycles. The molecule has 1 N–H and O–H groups in total. The minimum atomic E-state index is -0.461. The molecule has 2 aliphatic rings. The Labute approximate surface area is 205 Å². The fraction of sp³-hybridized carbons (Fsp3) is 0.429. The Morgan fingerprint density at radius 3 is 2.54 bits per heavy atom. The molecule has 5 rings (SSSR count). The van der Waals surface area contributed by atoms with Crippen molar-refractivity contribution in [3.8, 4) is 28.8 Å². The number of aromatic nitrogens is 1. The van der Waals surface area contributed by atoms with Gasteiger partial charge in [-0.15, -0.1) is 0 Å². The first-order valence-electron chi connectivity index (χ1n) is 12.5. The van der Waals surface area contributed by atoms with Gasteiger partial charge in [-0.2, -0.15) is 5.26 Å². The summed E-state index contributed by atoms with van der Waals surface area (Å²) in [5.41, 5.74) is 3.51. The van der Waals surface area contributed by atoms with E-state index >= 15 is 0 Å². The fourth-order valence-electron chi connectivity index (χ4n) is 4.60. The van der Waals surface area contributed by atoms with E-state index < -0.39 is 6.09 Å². The molecule has 0 spiro atoms. The van der Waals surface area contributed by atoms with Crippen LogP contribution in [0.25, 0.3) is 22.2 Å². The maximum Gasteiger partial charge on any atom is 0.412 e. The Hall–Kier alpha value is -3.50. The van der Waals surface area contributed by atoms with Gasteiger partial charge in [-0.25, -0.2) is 4.79 Å². The molecule has 1 aliphatic heterocycles. The second-order valence-electron chi connectivity index (χ2n) is 9.34. The smallest absolute Gasteiger partial charge is 0.412 e. The molecule has 1 amide bonds. The molecule has 1 saturated heterocycles. The van der Waals surface area contributed by atoms with Crippen LogP contribution in [0.3, 0.4) is 0 Å². The van der Waals surface area contributed by atoms with Crippen molar-refractivity contribution in [2.24, 2.45) is 5.92 Å². The first-order valence-corrected chi connectivity index (χ1v) is 12.5. The summed E-state index contributed by atoms with van der Waals surface area (Å²) < 4.78 is 19.4. The second-order valence-corrected chi connectivity index (χ2v) is 9.34. The van der Waals surface area contributed by atoms with Crippen molar-refractivity contribution < 1.29 is 19.0 Å². The Kier molecular flexibility index (Phi) is 6.91. The molecule has 7 heteroatoms. The van der Waals surface area contributed by atoms with Gasteiger partial charge in [-0.3, -0.25) is 0 Å². The summed E-state index contributed by atoms with van der Waals surface area (Å²) in [4.78, 5) is 11.9. The number of benzene rings is 2. The quantitative estimate of drug-likeness (QED) is 0.457. The van der Waals surface area contributed by atoms with Crippen molar-refractivity contribution >= 4 is 17.0 Å². The summed E-state index contributed by atoms with van der Waals surface area (Å²) in [5.74, 6) is 1.93. The molecule has 3 aromatic rings. The van der Waals surface area contributed by atoms with E-state index in [1.54, 1.807) is 12.1 Å². The zero-order valence-corrected chi connectivity index (χ0v) is 20.1. The minimum Gasteiger partial charge on any atom is -0.490 e. The number of nitrogens with zero attached hydrogens (tertiary/aromatic N) is 2. The van der Waals surface area contributed by atoms with Crippen LogP contribution >= 0.6 is 0 Å². The number of carbonyl (C=O) groups is 1. The van der Waals surface area contributed by atoms with Gasteiger partial charge in [0.25, 0.3) is 0 Å². The van der Waals surface area contributed by atoms with Gasteiger partial charge >= 0.3 is 6.09 Å². The predicted octanol–water partition coefficient (Wildman–Crippen LogP) is 5.65. The van der Waals surface area contributed by atoms with Gasteiger partial charge in [0.05, 0.1) is 30.0 Å². The number of hydrogen-bond donors (Lipinski definition) is 1. The number of hydrogen-bond acceptors (Lipinski definition) is 5. The molecule has 1 saturated carbocycles. The van der Waals surface area contributed by atoms with Crippen LogP contribution in [0.2, 0.25) is 0 Å². The number of nitriles is 1. The average molecular weight is 474 g/mol. The number of carbonyl (C=O) groups excluding carboxylic acids is 1. The van der Waals surface area contributed by atoms with Crippen molar-refractivity contribution in [1.29, 1.82) is 5.26 Å². The van der Waals surface area contributed by atoms with Gasteiger partial charge in [-0.05, 0) is 67.1 Å². The molecule has 0 unspecified atom stereocenters. The Bertz CT molecular complexity index is 1230. The third-order valence-electron chi connectivity index (χ3n) is 6.61. The van der Waals surface area contributed by atoms with Gasteiger partial charge < -0.3 is 24.1 Å². The van der Waals surface area contributed by atoms with Crippen LogP contribution < -0.4 is 14.8 Å².